The first-order chi connectivity index (χ1) is 15.3. The second-order valence-corrected chi connectivity index (χ2v) is 8.33. The van der Waals surface area contributed by atoms with Crippen LogP contribution in [0.4, 0.5) is 4.79 Å². The van der Waals surface area contributed by atoms with Crippen molar-refractivity contribution in [2.75, 3.05) is 20.3 Å². The van der Waals surface area contributed by atoms with Gasteiger partial charge in [0.25, 0.3) is 11.1 Å². The zero-order valence-electron chi connectivity index (χ0n) is 17.2. The van der Waals surface area contributed by atoms with E-state index in [1.54, 1.807) is 36.4 Å². The first-order valence-corrected chi connectivity index (χ1v) is 11.1. The van der Waals surface area contributed by atoms with Gasteiger partial charge in [-0.25, -0.2) is 0 Å². The van der Waals surface area contributed by atoms with Gasteiger partial charge in [-0.2, -0.15) is 0 Å². The first kappa shape index (κ1) is 24.0. The number of thioether (sulfide) groups is 1. The third kappa shape index (κ3) is 5.76. The van der Waals surface area contributed by atoms with Crippen molar-refractivity contribution in [2.45, 2.75) is 13.5 Å². The van der Waals surface area contributed by atoms with E-state index in [0.717, 1.165) is 22.2 Å². The molecule has 1 aliphatic heterocycles. The van der Waals surface area contributed by atoms with E-state index in [1.165, 1.54) is 7.11 Å². The van der Waals surface area contributed by atoms with Gasteiger partial charge in [-0.1, -0.05) is 35.3 Å². The van der Waals surface area contributed by atoms with E-state index in [9.17, 15) is 14.4 Å². The van der Waals surface area contributed by atoms with Crippen LogP contribution in [-0.2, 0) is 20.9 Å². The van der Waals surface area contributed by atoms with Crippen LogP contribution in [0.2, 0.25) is 10.0 Å². The lowest BCUT2D eigenvalue weighted by atomic mass is 10.1. The summed E-state index contributed by atoms with van der Waals surface area (Å²) in [7, 11) is 1.19. The summed E-state index contributed by atoms with van der Waals surface area (Å²) < 4.78 is 16.1. The maximum atomic E-state index is 12.5. The zero-order valence-corrected chi connectivity index (χ0v) is 19.6. The van der Waals surface area contributed by atoms with Crippen LogP contribution in [0.1, 0.15) is 18.1 Å². The van der Waals surface area contributed by atoms with Crippen molar-refractivity contribution in [1.82, 2.24) is 4.90 Å². The molecule has 1 heterocycles. The van der Waals surface area contributed by atoms with Crippen LogP contribution in [-0.4, -0.2) is 42.3 Å². The Morgan fingerprint density at radius 2 is 1.84 bits per heavy atom. The van der Waals surface area contributed by atoms with E-state index in [1.807, 2.05) is 13.0 Å². The number of nitrogens with zero attached hydrogens (tertiary/aromatic N) is 1. The molecule has 168 valence electrons. The van der Waals surface area contributed by atoms with Crippen LogP contribution in [0.3, 0.4) is 0 Å². The minimum absolute atomic E-state index is 0.200. The number of halogens is 2. The fraction of sp³-hybridized carbons (Fsp3) is 0.227. The summed E-state index contributed by atoms with van der Waals surface area (Å²) in [5, 5.41) is 0.373. The Balaban J connectivity index is 1.78. The summed E-state index contributed by atoms with van der Waals surface area (Å²) in [4.78, 5) is 37.1. The second-order valence-electron chi connectivity index (χ2n) is 6.52. The molecule has 0 bridgehead atoms. The number of benzene rings is 2. The molecule has 32 heavy (non-hydrogen) atoms. The van der Waals surface area contributed by atoms with Crippen LogP contribution in [0.5, 0.6) is 11.5 Å². The molecule has 0 N–H and O–H groups in total. The highest BCUT2D eigenvalue weighted by Gasteiger charge is 2.36. The number of esters is 1. The fourth-order valence-corrected chi connectivity index (χ4v) is 3.93. The van der Waals surface area contributed by atoms with Crippen molar-refractivity contribution in [2.24, 2.45) is 0 Å². The number of carbonyl (C=O) groups is 3. The standard InChI is InChI=1S/C22H19Cl2NO6S/c1-3-30-18-9-13(10-19-21(27)25(22(28)32-19)11-20(26)29-2)5-7-17(18)31-12-14-4-6-15(23)16(24)8-14/h4-10H,3,11-12H2,1-2H3/b19-10+. The third-order valence-corrected chi connectivity index (χ3v) is 5.98. The number of hydrogen-bond acceptors (Lipinski definition) is 7. The molecule has 1 aliphatic rings. The average Bonchev–Trinajstić information content (AvgIpc) is 3.03. The average molecular weight is 496 g/mol. The van der Waals surface area contributed by atoms with Gasteiger partial charge in [0.1, 0.15) is 13.2 Å². The van der Waals surface area contributed by atoms with Gasteiger partial charge in [0.15, 0.2) is 11.5 Å². The highest BCUT2D eigenvalue weighted by molar-refractivity contribution is 8.18. The van der Waals surface area contributed by atoms with E-state index in [-0.39, 0.29) is 11.5 Å². The van der Waals surface area contributed by atoms with E-state index in [0.29, 0.717) is 33.7 Å². The summed E-state index contributed by atoms with van der Waals surface area (Å²) in [6, 6.07) is 10.4. The second kappa shape index (κ2) is 10.8. The molecule has 0 atom stereocenters. The molecule has 0 radical (unpaired) electrons. The van der Waals surface area contributed by atoms with Gasteiger partial charge in [-0.3, -0.25) is 19.3 Å². The number of ether oxygens (including phenoxy) is 3. The molecule has 0 spiro atoms. The predicted octanol–water partition coefficient (Wildman–Crippen LogP) is 5.18. The largest absolute Gasteiger partial charge is 0.490 e. The number of amides is 2. The molecule has 0 unspecified atom stereocenters. The van der Waals surface area contributed by atoms with Crippen LogP contribution in [0, 0.1) is 0 Å². The minimum atomic E-state index is -0.671. The number of hydrogen-bond donors (Lipinski definition) is 0. The third-order valence-electron chi connectivity index (χ3n) is 4.33. The summed E-state index contributed by atoms with van der Waals surface area (Å²) in [6.07, 6.45) is 1.56. The highest BCUT2D eigenvalue weighted by atomic mass is 35.5. The van der Waals surface area contributed by atoms with E-state index in [2.05, 4.69) is 4.74 Å². The van der Waals surface area contributed by atoms with Gasteiger partial charge in [0.05, 0.1) is 28.7 Å². The molecule has 0 aromatic heterocycles. The van der Waals surface area contributed by atoms with Crippen molar-refractivity contribution in [3.05, 3.63) is 62.5 Å². The van der Waals surface area contributed by atoms with E-state index >= 15 is 0 Å². The number of rotatable bonds is 8. The zero-order chi connectivity index (χ0) is 23.3. The lowest BCUT2D eigenvalue weighted by Crippen LogP contribution is -2.34. The lowest BCUT2D eigenvalue weighted by molar-refractivity contribution is -0.143. The first-order valence-electron chi connectivity index (χ1n) is 9.48. The van der Waals surface area contributed by atoms with Gasteiger partial charge in [0, 0.05) is 0 Å². The molecular formula is C22H19Cl2NO6S. The Morgan fingerprint density at radius 1 is 1.06 bits per heavy atom. The topological polar surface area (TPSA) is 82.1 Å². The summed E-state index contributed by atoms with van der Waals surface area (Å²) >= 11 is 12.7. The minimum Gasteiger partial charge on any atom is -0.490 e. The van der Waals surface area contributed by atoms with Crippen molar-refractivity contribution < 1.29 is 28.6 Å². The van der Waals surface area contributed by atoms with Crippen LogP contribution in [0.15, 0.2) is 41.3 Å². The Kier molecular flexibility index (Phi) is 8.06. The van der Waals surface area contributed by atoms with Crippen molar-refractivity contribution in [3.8, 4) is 11.5 Å². The maximum Gasteiger partial charge on any atom is 0.325 e. The molecule has 1 saturated heterocycles. The predicted molar refractivity (Wildman–Crippen MR) is 123 cm³/mol. The SMILES string of the molecule is CCOc1cc(/C=C2/SC(=O)N(CC(=O)OC)C2=O)ccc1OCc1ccc(Cl)c(Cl)c1. The number of methoxy groups -OCH3 is 1. The smallest absolute Gasteiger partial charge is 0.325 e. The Hall–Kier alpha value is -2.68. The van der Waals surface area contributed by atoms with Crippen LogP contribution < -0.4 is 9.47 Å². The molecule has 1 fully saturated rings. The maximum absolute atomic E-state index is 12.5. The molecule has 7 nitrogen and oxygen atoms in total. The van der Waals surface area contributed by atoms with Gasteiger partial charge in [-0.05, 0) is 60.2 Å². The number of carbonyl (C=O) groups excluding carboxylic acids is 3. The number of imide groups is 1. The van der Waals surface area contributed by atoms with E-state index in [4.69, 9.17) is 32.7 Å². The summed E-state index contributed by atoms with van der Waals surface area (Å²) in [5.74, 6) is -0.233. The van der Waals surface area contributed by atoms with E-state index < -0.39 is 23.7 Å². The Bertz CT molecular complexity index is 1090. The van der Waals surface area contributed by atoms with Gasteiger partial charge < -0.3 is 14.2 Å². The lowest BCUT2D eigenvalue weighted by Gasteiger charge is -2.13. The van der Waals surface area contributed by atoms with Crippen LogP contribution in [0.25, 0.3) is 6.08 Å². The molecule has 2 aromatic rings. The van der Waals surface area contributed by atoms with Gasteiger partial charge in [0.2, 0.25) is 0 Å². The van der Waals surface area contributed by atoms with Crippen molar-refractivity contribution in [3.63, 3.8) is 0 Å². The Morgan fingerprint density at radius 3 is 2.53 bits per heavy atom. The van der Waals surface area contributed by atoms with Crippen molar-refractivity contribution in [1.29, 1.82) is 0 Å². The van der Waals surface area contributed by atoms with Crippen molar-refractivity contribution >= 4 is 58.2 Å². The van der Waals surface area contributed by atoms with Gasteiger partial charge >= 0.3 is 5.97 Å². The quantitative estimate of drug-likeness (QED) is 0.368. The monoisotopic (exact) mass is 495 g/mol. The molecule has 2 aromatic carbocycles. The highest BCUT2D eigenvalue weighted by Crippen LogP contribution is 2.35. The molecular weight excluding hydrogens is 477 g/mol. The molecule has 0 saturated carbocycles. The van der Waals surface area contributed by atoms with Gasteiger partial charge in [-0.15, -0.1) is 0 Å². The molecule has 10 heteroatoms. The van der Waals surface area contributed by atoms with Crippen LogP contribution >= 0.6 is 35.0 Å². The molecule has 2 amide bonds. The summed E-state index contributed by atoms with van der Waals surface area (Å²) in [5.41, 5.74) is 1.48. The summed E-state index contributed by atoms with van der Waals surface area (Å²) in [6.45, 7) is 2.07. The fourth-order valence-electron chi connectivity index (χ4n) is 2.77. The Labute approximate surface area is 199 Å². The molecule has 3 rings (SSSR count). The molecule has 0 aliphatic carbocycles. The normalized spacial score (nSPS) is 14.8.